The lowest BCUT2D eigenvalue weighted by Crippen LogP contribution is -2.48. The minimum atomic E-state index is 0.425. The fourth-order valence-electron chi connectivity index (χ4n) is 2.50. The van der Waals surface area contributed by atoms with E-state index in [1.54, 1.807) is 0 Å². The smallest absolute Gasteiger partial charge is 0.0338 e. The molecule has 2 rings (SSSR count). The number of nitrogens with zero attached hydrogens (tertiary/aromatic N) is 1. The van der Waals surface area contributed by atoms with E-state index in [-0.39, 0.29) is 0 Å². The highest BCUT2D eigenvalue weighted by molar-refractivity contribution is 8.07. The molecule has 1 nitrogen and oxygen atoms in total. The summed E-state index contributed by atoms with van der Waals surface area (Å²) in [4.78, 5) is 2.75. The molecule has 0 spiro atoms. The van der Waals surface area contributed by atoms with E-state index in [2.05, 4.69) is 44.4 Å². The van der Waals surface area contributed by atoms with Crippen LogP contribution in [-0.4, -0.2) is 33.5 Å². The molecule has 0 N–H and O–H groups in total. The largest absolute Gasteiger partial charge is 0.293 e. The normalized spacial score (nSPS) is 39.2. The third-order valence-corrected chi connectivity index (χ3v) is 5.27. The summed E-state index contributed by atoms with van der Waals surface area (Å²) < 4.78 is 0. The van der Waals surface area contributed by atoms with Crippen molar-refractivity contribution in [3.63, 3.8) is 0 Å². The van der Waals surface area contributed by atoms with Crippen molar-refractivity contribution in [2.75, 3.05) is 6.54 Å². The van der Waals surface area contributed by atoms with Gasteiger partial charge in [-0.2, -0.15) is 0 Å². The van der Waals surface area contributed by atoms with Gasteiger partial charge in [0.15, 0.2) is 0 Å². The molecule has 0 radical (unpaired) electrons. The minimum absolute atomic E-state index is 0.425. The number of thioether (sulfide) groups is 1. The van der Waals surface area contributed by atoms with E-state index >= 15 is 0 Å². The van der Waals surface area contributed by atoms with E-state index in [1.165, 1.54) is 19.4 Å². The second-order valence-corrected chi connectivity index (χ2v) is 6.36. The molecule has 2 fully saturated rings. The average Bonchev–Trinajstić information content (AvgIpc) is 2.78. The summed E-state index contributed by atoms with van der Waals surface area (Å²) in [6.07, 6.45) is 2.60. The Kier molecular flexibility index (Phi) is 2.40. The number of hydrogen-bond donors (Lipinski definition) is 0. The zero-order valence-corrected chi connectivity index (χ0v) is 10.0. The highest BCUT2D eigenvalue weighted by Crippen LogP contribution is 2.53. The van der Waals surface area contributed by atoms with Crippen molar-refractivity contribution in [3.05, 3.63) is 0 Å². The molecule has 2 aliphatic heterocycles. The maximum Gasteiger partial charge on any atom is 0.0338 e. The van der Waals surface area contributed by atoms with Crippen molar-refractivity contribution >= 4 is 11.8 Å². The third kappa shape index (κ3) is 1.52. The van der Waals surface area contributed by atoms with Gasteiger partial charge >= 0.3 is 0 Å². The Morgan fingerprint density at radius 1 is 1.38 bits per heavy atom. The standard InChI is InChI=1S/C11H21NS/c1-5-8-10-9(13-10)7-12(8)11(3,4)6-2/h8-10H,5-7H2,1-4H3. The molecule has 0 amide bonds. The Hall–Kier alpha value is 0.310. The topological polar surface area (TPSA) is 3.24 Å². The van der Waals surface area contributed by atoms with Crippen molar-refractivity contribution in [1.82, 2.24) is 4.90 Å². The van der Waals surface area contributed by atoms with Crippen LogP contribution in [0.15, 0.2) is 0 Å². The van der Waals surface area contributed by atoms with Gasteiger partial charge in [0.1, 0.15) is 0 Å². The lowest BCUT2D eigenvalue weighted by atomic mass is 9.97. The van der Waals surface area contributed by atoms with Crippen LogP contribution in [0.4, 0.5) is 0 Å². The molecule has 0 aromatic rings. The molecule has 0 aromatic carbocycles. The van der Waals surface area contributed by atoms with Gasteiger partial charge in [-0.05, 0) is 26.7 Å². The summed E-state index contributed by atoms with van der Waals surface area (Å²) in [7, 11) is 0. The molecule has 2 heteroatoms. The van der Waals surface area contributed by atoms with Crippen LogP contribution in [0.2, 0.25) is 0 Å². The molecule has 2 heterocycles. The van der Waals surface area contributed by atoms with E-state index in [0.29, 0.717) is 5.54 Å². The van der Waals surface area contributed by atoms with Crippen LogP contribution in [0.25, 0.3) is 0 Å². The van der Waals surface area contributed by atoms with Crippen LogP contribution in [0, 0.1) is 0 Å². The lowest BCUT2D eigenvalue weighted by molar-refractivity contribution is 0.0988. The summed E-state index contributed by atoms with van der Waals surface area (Å²) in [5.41, 5.74) is 0.425. The predicted molar refractivity (Wildman–Crippen MR) is 60.3 cm³/mol. The first-order chi connectivity index (χ1) is 6.10. The maximum atomic E-state index is 2.75. The van der Waals surface area contributed by atoms with Gasteiger partial charge in [-0.25, -0.2) is 0 Å². The second kappa shape index (κ2) is 3.16. The molecular weight excluding hydrogens is 178 g/mol. The summed E-state index contributed by atoms with van der Waals surface area (Å²) in [5.74, 6) is 0. The molecule has 0 aromatic heterocycles. The summed E-state index contributed by atoms with van der Waals surface area (Å²) in [5, 5.41) is 1.96. The summed E-state index contributed by atoms with van der Waals surface area (Å²) in [6.45, 7) is 10.8. The van der Waals surface area contributed by atoms with Crippen LogP contribution in [0.1, 0.15) is 40.5 Å². The SMILES string of the molecule is CCC1C2SC2CN1C(C)(C)CC. The molecule has 0 aliphatic carbocycles. The van der Waals surface area contributed by atoms with Gasteiger partial charge in [0.2, 0.25) is 0 Å². The van der Waals surface area contributed by atoms with Crippen LogP contribution < -0.4 is 0 Å². The number of likely N-dealkylation sites (tertiary alicyclic amines) is 1. The summed E-state index contributed by atoms with van der Waals surface area (Å²) in [6, 6.07) is 0.866. The number of rotatable bonds is 3. The molecule has 0 saturated carbocycles. The van der Waals surface area contributed by atoms with E-state index in [4.69, 9.17) is 0 Å². The summed E-state index contributed by atoms with van der Waals surface area (Å²) >= 11 is 2.20. The van der Waals surface area contributed by atoms with E-state index in [9.17, 15) is 0 Å². The Morgan fingerprint density at radius 2 is 2.08 bits per heavy atom. The molecule has 76 valence electrons. The molecule has 3 atom stereocenters. The minimum Gasteiger partial charge on any atom is -0.293 e. The molecule has 0 bridgehead atoms. The van der Waals surface area contributed by atoms with Gasteiger partial charge in [0, 0.05) is 28.6 Å². The first-order valence-electron chi connectivity index (χ1n) is 5.52. The number of fused-ring (bicyclic) bond motifs is 1. The van der Waals surface area contributed by atoms with E-state index in [0.717, 1.165) is 16.5 Å². The third-order valence-electron chi connectivity index (χ3n) is 3.84. The maximum absolute atomic E-state index is 2.75. The average molecular weight is 199 g/mol. The Balaban J connectivity index is 2.07. The van der Waals surface area contributed by atoms with E-state index < -0.39 is 0 Å². The fourth-order valence-corrected chi connectivity index (χ4v) is 3.85. The second-order valence-electron chi connectivity index (χ2n) is 4.93. The van der Waals surface area contributed by atoms with Crippen LogP contribution in [0.3, 0.4) is 0 Å². The lowest BCUT2D eigenvalue weighted by Gasteiger charge is -2.40. The molecule has 3 unspecified atom stereocenters. The number of hydrogen-bond acceptors (Lipinski definition) is 2. The highest BCUT2D eigenvalue weighted by atomic mass is 32.2. The van der Waals surface area contributed by atoms with Crippen LogP contribution in [-0.2, 0) is 0 Å². The van der Waals surface area contributed by atoms with Gasteiger partial charge in [-0.3, -0.25) is 4.90 Å². The van der Waals surface area contributed by atoms with Crippen molar-refractivity contribution in [2.24, 2.45) is 0 Å². The zero-order chi connectivity index (χ0) is 9.64. The first-order valence-corrected chi connectivity index (χ1v) is 6.46. The van der Waals surface area contributed by atoms with Crippen molar-refractivity contribution in [1.29, 1.82) is 0 Å². The van der Waals surface area contributed by atoms with Crippen molar-refractivity contribution < 1.29 is 0 Å². The predicted octanol–water partition coefficient (Wildman–Crippen LogP) is 2.75. The van der Waals surface area contributed by atoms with Gasteiger partial charge in [-0.15, -0.1) is 11.8 Å². The van der Waals surface area contributed by atoms with Crippen molar-refractivity contribution in [3.8, 4) is 0 Å². The zero-order valence-electron chi connectivity index (χ0n) is 9.21. The van der Waals surface area contributed by atoms with E-state index in [1.807, 2.05) is 0 Å². The van der Waals surface area contributed by atoms with Gasteiger partial charge in [0.05, 0.1) is 0 Å². The highest BCUT2D eigenvalue weighted by Gasteiger charge is 2.55. The van der Waals surface area contributed by atoms with Crippen molar-refractivity contribution in [2.45, 2.75) is 62.6 Å². The Bertz CT molecular complexity index is 202. The van der Waals surface area contributed by atoms with Gasteiger partial charge < -0.3 is 0 Å². The monoisotopic (exact) mass is 199 g/mol. The molecule has 2 aliphatic rings. The van der Waals surface area contributed by atoms with Gasteiger partial charge in [-0.1, -0.05) is 13.8 Å². The van der Waals surface area contributed by atoms with Gasteiger partial charge in [0.25, 0.3) is 0 Å². The Morgan fingerprint density at radius 3 is 2.62 bits per heavy atom. The molecular formula is C11H21NS. The molecule has 2 saturated heterocycles. The fraction of sp³-hybridized carbons (Fsp3) is 1.00. The quantitative estimate of drug-likeness (QED) is 0.643. The Labute approximate surface area is 86.3 Å². The van der Waals surface area contributed by atoms with Crippen LogP contribution >= 0.6 is 11.8 Å². The first kappa shape index (κ1) is 9.85. The van der Waals surface area contributed by atoms with Crippen LogP contribution in [0.5, 0.6) is 0 Å². The molecule has 13 heavy (non-hydrogen) atoms.